The van der Waals surface area contributed by atoms with E-state index in [0.717, 1.165) is 29.6 Å². The second-order valence-corrected chi connectivity index (χ2v) is 5.36. The summed E-state index contributed by atoms with van der Waals surface area (Å²) in [6, 6.07) is 9.84. The minimum Gasteiger partial charge on any atom is -0.357 e. The Morgan fingerprint density at radius 3 is 2.69 bits per heavy atom. The molecule has 0 atom stereocenters. The Labute approximate surface area is 170 Å². The summed E-state index contributed by atoms with van der Waals surface area (Å²) in [5, 5.41) is 6.52. The van der Waals surface area contributed by atoms with E-state index in [1.54, 1.807) is 18.7 Å². The predicted molar refractivity (Wildman–Crippen MR) is 113 cm³/mol. The van der Waals surface area contributed by atoms with Gasteiger partial charge >= 0.3 is 0 Å². The van der Waals surface area contributed by atoms with Crippen molar-refractivity contribution in [2.75, 3.05) is 6.54 Å². The third kappa shape index (κ3) is 5.80. The van der Waals surface area contributed by atoms with Gasteiger partial charge in [-0.2, -0.15) is 0 Å². The molecule has 7 nitrogen and oxygen atoms in total. The van der Waals surface area contributed by atoms with E-state index in [1.807, 2.05) is 54.2 Å². The number of hydrogen-bond donors (Lipinski definition) is 2. The van der Waals surface area contributed by atoms with Gasteiger partial charge in [0, 0.05) is 31.3 Å². The van der Waals surface area contributed by atoms with Gasteiger partial charge in [0.25, 0.3) is 0 Å². The van der Waals surface area contributed by atoms with E-state index in [2.05, 4.69) is 30.6 Å². The molecule has 0 radical (unpaired) electrons. The standard InChI is InChI=1S/C18H21N7.HI/c1-2-20-18(24-13-16-5-3-4-8-21-16)23-12-15-6-7-17(22-11-15)25-10-9-19-14-25;/h3-11,14H,2,12-13H2,1H3,(H2,20,23,24);1H. The third-order valence-corrected chi connectivity index (χ3v) is 3.51. The van der Waals surface area contributed by atoms with E-state index in [4.69, 9.17) is 0 Å². The van der Waals surface area contributed by atoms with Crippen molar-refractivity contribution in [2.45, 2.75) is 20.0 Å². The van der Waals surface area contributed by atoms with Crippen LogP contribution >= 0.6 is 24.0 Å². The van der Waals surface area contributed by atoms with Crippen LogP contribution in [0.4, 0.5) is 0 Å². The maximum absolute atomic E-state index is 4.60. The van der Waals surface area contributed by atoms with E-state index in [0.29, 0.717) is 13.1 Å². The number of aliphatic imine (C=N–C) groups is 1. The zero-order valence-corrected chi connectivity index (χ0v) is 16.9. The van der Waals surface area contributed by atoms with E-state index in [1.165, 1.54) is 0 Å². The molecule has 0 saturated heterocycles. The van der Waals surface area contributed by atoms with Gasteiger partial charge in [-0.3, -0.25) is 9.55 Å². The van der Waals surface area contributed by atoms with Gasteiger partial charge in [0.1, 0.15) is 12.1 Å². The fraction of sp³-hybridized carbons (Fsp3) is 0.222. The van der Waals surface area contributed by atoms with E-state index < -0.39 is 0 Å². The summed E-state index contributed by atoms with van der Waals surface area (Å²) in [5.74, 6) is 1.59. The van der Waals surface area contributed by atoms with Gasteiger partial charge in [-0.1, -0.05) is 12.1 Å². The van der Waals surface area contributed by atoms with Crippen LogP contribution in [0.3, 0.4) is 0 Å². The summed E-state index contributed by atoms with van der Waals surface area (Å²) < 4.78 is 1.87. The van der Waals surface area contributed by atoms with Crippen LogP contribution in [0.2, 0.25) is 0 Å². The Morgan fingerprint density at radius 2 is 2.04 bits per heavy atom. The molecule has 0 fully saturated rings. The molecule has 3 aromatic heterocycles. The number of hydrogen-bond acceptors (Lipinski definition) is 4. The summed E-state index contributed by atoms with van der Waals surface area (Å²) in [6.07, 6.45) is 8.95. The SMILES string of the molecule is CCNC(=NCc1ccc(-n2ccnc2)nc1)NCc1ccccn1.I. The first kappa shape index (κ1) is 19.8. The third-order valence-electron chi connectivity index (χ3n) is 3.51. The van der Waals surface area contributed by atoms with Crippen LogP contribution in [0, 0.1) is 0 Å². The average molecular weight is 463 g/mol. The highest BCUT2D eigenvalue weighted by Gasteiger charge is 2.01. The number of rotatable bonds is 6. The predicted octanol–water partition coefficient (Wildman–Crippen LogP) is 2.54. The molecular weight excluding hydrogens is 441 g/mol. The van der Waals surface area contributed by atoms with Crippen molar-refractivity contribution < 1.29 is 0 Å². The van der Waals surface area contributed by atoms with Crippen molar-refractivity contribution in [1.29, 1.82) is 0 Å². The molecule has 0 aliphatic carbocycles. The van der Waals surface area contributed by atoms with Crippen LogP contribution in [0.25, 0.3) is 5.82 Å². The van der Waals surface area contributed by atoms with Crippen LogP contribution in [0.15, 0.2) is 66.4 Å². The zero-order valence-electron chi connectivity index (χ0n) is 14.5. The summed E-state index contributed by atoms with van der Waals surface area (Å²) >= 11 is 0. The monoisotopic (exact) mass is 463 g/mol. The summed E-state index contributed by atoms with van der Waals surface area (Å²) in [5.41, 5.74) is 2.01. The maximum atomic E-state index is 4.60. The lowest BCUT2D eigenvalue weighted by atomic mass is 10.3. The van der Waals surface area contributed by atoms with Gasteiger partial charge in [0.15, 0.2) is 5.96 Å². The molecule has 26 heavy (non-hydrogen) atoms. The molecule has 0 bridgehead atoms. The van der Waals surface area contributed by atoms with Crippen molar-refractivity contribution in [1.82, 2.24) is 30.2 Å². The number of aromatic nitrogens is 4. The fourth-order valence-electron chi connectivity index (χ4n) is 2.25. The van der Waals surface area contributed by atoms with Crippen molar-refractivity contribution >= 4 is 29.9 Å². The van der Waals surface area contributed by atoms with Crippen LogP contribution < -0.4 is 10.6 Å². The second-order valence-electron chi connectivity index (χ2n) is 5.36. The summed E-state index contributed by atoms with van der Waals surface area (Å²) in [6.45, 7) is 4.02. The molecule has 3 heterocycles. The highest BCUT2D eigenvalue weighted by Crippen LogP contribution is 2.06. The lowest BCUT2D eigenvalue weighted by Crippen LogP contribution is -2.37. The molecule has 0 aliphatic rings. The Bertz CT molecular complexity index is 786. The minimum atomic E-state index is 0. The lowest BCUT2D eigenvalue weighted by Gasteiger charge is -2.11. The summed E-state index contributed by atoms with van der Waals surface area (Å²) in [4.78, 5) is 17.4. The molecule has 0 unspecified atom stereocenters. The first-order chi connectivity index (χ1) is 12.3. The van der Waals surface area contributed by atoms with Crippen molar-refractivity contribution in [3.05, 3.63) is 72.7 Å². The Morgan fingerprint density at radius 1 is 1.12 bits per heavy atom. The highest BCUT2D eigenvalue weighted by molar-refractivity contribution is 14.0. The Kier molecular flexibility index (Phi) is 8.00. The molecular formula is C18H22IN7. The first-order valence-corrected chi connectivity index (χ1v) is 8.20. The average Bonchev–Trinajstić information content (AvgIpc) is 3.20. The van der Waals surface area contributed by atoms with Crippen molar-refractivity contribution in [2.24, 2.45) is 4.99 Å². The first-order valence-electron chi connectivity index (χ1n) is 8.20. The molecule has 0 aromatic carbocycles. The molecule has 0 spiro atoms. The number of pyridine rings is 2. The minimum absolute atomic E-state index is 0. The summed E-state index contributed by atoms with van der Waals surface area (Å²) in [7, 11) is 0. The van der Waals surface area contributed by atoms with Gasteiger partial charge in [0.2, 0.25) is 0 Å². The number of nitrogens with one attached hydrogen (secondary N) is 2. The second kappa shape index (κ2) is 10.5. The Balaban J connectivity index is 0.00000243. The lowest BCUT2D eigenvalue weighted by molar-refractivity contribution is 0.799. The van der Waals surface area contributed by atoms with Gasteiger partial charge in [0.05, 0.1) is 18.8 Å². The smallest absolute Gasteiger partial charge is 0.191 e. The van der Waals surface area contributed by atoms with Crippen LogP contribution in [0.1, 0.15) is 18.2 Å². The Hall–Kier alpha value is -2.49. The normalized spacial score (nSPS) is 10.9. The molecule has 2 N–H and O–H groups in total. The molecule has 0 amide bonds. The van der Waals surface area contributed by atoms with Gasteiger partial charge < -0.3 is 10.6 Å². The van der Waals surface area contributed by atoms with Crippen LogP contribution in [0.5, 0.6) is 0 Å². The van der Waals surface area contributed by atoms with Gasteiger partial charge in [-0.15, -0.1) is 24.0 Å². The van der Waals surface area contributed by atoms with E-state index in [9.17, 15) is 0 Å². The largest absolute Gasteiger partial charge is 0.357 e. The van der Waals surface area contributed by atoms with E-state index in [-0.39, 0.29) is 24.0 Å². The maximum Gasteiger partial charge on any atom is 0.191 e. The number of guanidine groups is 1. The number of nitrogens with zero attached hydrogens (tertiary/aromatic N) is 5. The van der Waals surface area contributed by atoms with Crippen molar-refractivity contribution in [3.8, 4) is 5.82 Å². The quantitative estimate of drug-likeness (QED) is 0.334. The topological polar surface area (TPSA) is 80.0 Å². The van der Waals surface area contributed by atoms with Crippen LogP contribution in [-0.4, -0.2) is 32.0 Å². The highest BCUT2D eigenvalue weighted by atomic mass is 127. The fourth-order valence-corrected chi connectivity index (χ4v) is 2.25. The van der Waals surface area contributed by atoms with Gasteiger partial charge in [-0.05, 0) is 30.7 Å². The van der Waals surface area contributed by atoms with E-state index >= 15 is 0 Å². The number of halogens is 1. The molecule has 136 valence electrons. The van der Waals surface area contributed by atoms with Crippen LogP contribution in [-0.2, 0) is 13.1 Å². The molecule has 0 saturated carbocycles. The molecule has 8 heteroatoms. The zero-order chi connectivity index (χ0) is 17.3. The molecule has 3 aromatic rings. The molecule has 0 aliphatic heterocycles. The number of imidazole rings is 1. The molecule has 3 rings (SSSR count). The van der Waals surface area contributed by atoms with Crippen molar-refractivity contribution in [3.63, 3.8) is 0 Å². The van der Waals surface area contributed by atoms with Gasteiger partial charge in [-0.25, -0.2) is 15.0 Å².